The largest absolute Gasteiger partial charge is 0.492 e. The summed E-state index contributed by atoms with van der Waals surface area (Å²) in [6, 6.07) is 5.45. The highest BCUT2D eigenvalue weighted by atomic mass is 35.5. The summed E-state index contributed by atoms with van der Waals surface area (Å²) in [6.07, 6.45) is 1.61. The number of rotatable bonds is 4. The van der Waals surface area contributed by atoms with Crippen LogP contribution in [0, 0.1) is 11.8 Å². The molecule has 0 saturated carbocycles. The summed E-state index contributed by atoms with van der Waals surface area (Å²) >= 11 is 11.1. The number of carbonyl (C=O) groups excluding carboxylic acids is 1. The zero-order valence-corrected chi connectivity index (χ0v) is 14.9. The summed E-state index contributed by atoms with van der Waals surface area (Å²) in [4.78, 5) is 12.2. The highest BCUT2D eigenvalue weighted by Crippen LogP contribution is 2.29. The van der Waals surface area contributed by atoms with Crippen LogP contribution in [0.4, 0.5) is 0 Å². The number of amides is 1. The van der Waals surface area contributed by atoms with Crippen molar-refractivity contribution in [3.05, 3.63) is 28.8 Å². The van der Waals surface area contributed by atoms with E-state index in [4.69, 9.17) is 28.6 Å². The van der Waals surface area contributed by atoms with Crippen LogP contribution in [0.1, 0.15) is 25.8 Å². The number of benzene rings is 1. The number of ether oxygens (including phenoxy) is 1. The Morgan fingerprint density at radius 1 is 1.43 bits per heavy atom. The molecule has 5 nitrogen and oxygen atoms in total. The summed E-state index contributed by atoms with van der Waals surface area (Å²) in [6.45, 7) is 5.41. The normalized spacial score (nSPS) is 16.3. The van der Waals surface area contributed by atoms with E-state index < -0.39 is 0 Å². The first-order valence-electron chi connectivity index (χ1n) is 7.70. The van der Waals surface area contributed by atoms with E-state index in [0.29, 0.717) is 29.1 Å². The first-order valence-corrected chi connectivity index (χ1v) is 8.49. The monoisotopic (exact) mass is 355 g/mol. The van der Waals surface area contributed by atoms with Crippen LogP contribution in [0.2, 0.25) is 5.02 Å². The average Bonchev–Trinajstić information content (AvgIpc) is 2.51. The van der Waals surface area contributed by atoms with Crippen LogP contribution in [0.3, 0.4) is 0 Å². The van der Waals surface area contributed by atoms with Gasteiger partial charge in [-0.05, 0) is 54.7 Å². The number of carbonyl (C=O) groups is 1. The first kappa shape index (κ1) is 17.8. The minimum atomic E-state index is -0.271. The molecule has 7 heteroatoms. The van der Waals surface area contributed by atoms with Gasteiger partial charge in [-0.15, -0.1) is 0 Å². The maximum absolute atomic E-state index is 12.2. The molecule has 1 atom stereocenters. The van der Waals surface area contributed by atoms with Crippen molar-refractivity contribution < 1.29 is 9.53 Å². The Hall–Kier alpha value is -1.53. The molecule has 0 bridgehead atoms. The summed E-state index contributed by atoms with van der Waals surface area (Å²) in [5, 5.41) is 4.11. The molecule has 2 rings (SSSR count). The third-order valence-electron chi connectivity index (χ3n) is 3.61. The maximum atomic E-state index is 12.2. The predicted octanol–water partition coefficient (Wildman–Crippen LogP) is 2.43. The van der Waals surface area contributed by atoms with Crippen molar-refractivity contribution in [1.82, 2.24) is 16.2 Å². The second-order valence-corrected chi connectivity index (χ2v) is 6.86. The quantitative estimate of drug-likeness (QED) is 0.572. The zero-order valence-electron chi connectivity index (χ0n) is 13.3. The van der Waals surface area contributed by atoms with E-state index in [1.807, 2.05) is 12.1 Å². The number of hydrogen-bond acceptors (Lipinski definition) is 3. The molecule has 1 aliphatic heterocycles. The van der Waals surface area contributed by atoms with Crippen molar-refractivity contribution in [2.24, 2.45) is 11.8 Å². The SMILES string of the molecule is CC(C)CCNC(=S)NNC(=O)[C@@H]1COc2ccc(Cl)cc2C1. The van der Waals surface area contributed by atoms with Gasteiger partial charge < -0.3 is 10.1 Å². The van der Waals surface area contributed by atoms with Gasteiger partial charge in [-0.2, -0.15) is 0 Å². The Labute approximate surface area is 147 Å². The lowest BCUT2D eigenvalue weighted by molar-refractivity contribution is -0.126. The van der Waals surface area contributed by atoms with Crippen LogP contribution in [0.5, 0.6) is 5.75 Å². The molecule has 1 aromatic rings. The Bertz CT molecular complexity index is 580. The van der Waals surface area contributed by atoms with Gasteiger partial charge in [0.15, 0.2) is 5.11 Å². The van der Waals surface area contributed by atoms with Gasteiger partial charge >= 0.3 is 0 Å². The lowest BCUT2D eigenvalue weighted by Gasteiger charge is -2.25. The summed E-state index contributed by atoms with van der Waals surface area (Å²) in [7, 11) is 0. The number of hydrazine groups is 1. The van der Waals surface area contributed by atoms with E-state index in [1.54, 1.807) is 6.07 Å². The lowest BCUT2D eigenvalue weighted by Crippen LogP contribution is -2.50. The number of fused-ring (bicyclic) bond motifs is 1. The fraction of sp³-hybridized carbons (Fsp3) is 0.500. The van der Waals surface area contributed by atoms with Gasteiger partial charge in [0.05, 0.1) is 5.92 Å². The van der Waals surface area contributed by atoms with Crippen molar-refractivity contribution in [3.63, 3.8) is 0 Å². The van der Waals surface area contributed by atoms with Crippen LogP contribution in [0.15, 0.2) is 18.2 Å². The van der Waals surface area contributed by atoms with Crippen molar-refractivity contribution in [2.45, 2.75) is 26.7 Å². The molecule has 1 aliphatic rings. The minimum Gasteiger partial charge on any atom is -0.492 e. The van der Waals surface area contributed by atoms with Crippen molar-refractivity contribution in [1.29, 1.82) is 0 Å². The predicted molar refractivity (Wildman–Crippen MR) is 95.5 cm³/mol. The van der Waals surface area contributed by atoms with E-state index in [2.05, 4.69) is 30.0 Å². The molecule has 3 N–H and O–H groups in total. The van der Waals surface area contributed by atoms with E-state index >= 15 is 0 Å². The molecule has 1 aromatic carbocycles. The van der Waals surface area contributed by atoms with Crippen molar-refractivity contribution in [2.75, 3.05) is 13.2 Å². The third-order valence-corrected chi connectivity index (χ3v) is 4.09. The molecule has 1 heterocycles. The fourth-order valence-electron chi connectivity index (χ4n) is 2.27. The van der Waals surface area contributed by atoms with Gasteiger partial charge in [-0.25, -0.2) is 0 Å². The van der Waals surface area contributed by atoms with Crippen LogP contribution in [-0.2, 0) is 11.2 Å². The Morgan fingerprint density at radius 3 is 2.96 bits per heavy atom. The van der Waals surface area contributed by atoms with Crippen LogP contribution < -0.4 is 20.9 Å². The standard InChI is InChI=1S/C16H22ClN3O2S/c1-10(2)5-6-18-16(23)20-19-15(21)12-7-11-8-13(17)3-4-14(11)22-9-12/h3-4,8,10,12H,5-7,9H2,1-2H3,(H,19,21)(H2,18,20,23)/t12-/m0/s1. The zero-order chi connectivity index (χ0) is 16.8. The smallest absolute Gasteiger partial charge is 0.245 e. The number of thiocarbonyl (C=S) groups is 1. The van der Waals surface area contributed by atoms with Crippen molar-refractivity contribution in [3.8, 4) is 5.75 Å². The van der Waals surface area contributed by atoms with Gasteiger partial charge in [-0.1, -0.05) is 25.4 Å². The van der Waals surface area contributed by atoms with Crippen LogP contribution in [-0.4, -0.2) is 24.2 Å². The molecule has 0 aromatic heterocycles. The van der Waals surface area contributed by atoms with E-state index in [9.17, 15) is 4.79 Å². The molecule has 0 spiro atoms. The van der Waals surface area contributed by atoms with Gasteiger partial charge in [0.2, 0.25) is 5.91 Å². The highest BCUT2D eigenvalue weighted by Gasteiger charge is 2.26. The molecular weight excluding hydrogens is 334 g/mol. The minimum absolute atomic E-state index is 0.149. The third kappa shape index (κ3) is 5.55. The van der Waals surface area contributed by atoms with Crippen molar-refractivity contribution >= 4 is 34.8 Å². The highest BCUT2D eigenvalue weighted by molar-refractivity contribution is 7.80. The molecule has 0 unspecified atom stereocenters. The molecule has 0 saturated heterocycles. The number of hydrogen-bond donors (Lipinski definition) is 3. The molecular formula is C16H22ClN3O2S. The second-order valence-electron chi connectivity index (χ2n) is 6.02. The van der Waals surface area contributed by atoms with E-state index in [-0.39, 0.29) is 11.8 Å². The number of halogens is 1. The molecule has 1 amide bonds. The lowest BCUT2D eigenvalue weighted by atomic mass is 9.96. The average molecular weight is 356 g/mol. The van der Waals surface area contributed by atoms with Gasteiger partial charge in [0.25, 0.3) is 0 Å². The topological polar surface area (TPSA) is 62.4 Å². The number of nitrogens with one attached hydrogen (secondary N) is 3. The molecule has 126 valence electrons. The Kier molecular flexibility index (Phi) is 6.47. The summed E-state index contributed by atoms with van der Waals surface area (Å²) < 4.78 is 5.61. The van der Waals surface area contributed by atoms with E-state index in [0.717, 1.165) is 24.3 Å². The van der Waals surface area contributed by atoms with Gasteiger partial charge in [0, 0.05) is 11.6 Å². The summed E-state index contributed by atoms with van der Waals surface area (Å²) in [5.74, 6) is 0.971. The maximum Gasteiger partial charge on any atom is 0.245 e. The van der Waals surface area contributed by atoms with Gasteiger partial charge in [0.1, 0.15) is 12.4 Å². The fourth-order valence-corrected chi connectivity index (χ4v) is 2.62. The molecule has 0 radical (unpaired) electrons. The van der Waals surface area contributed by atoms with Gasteiger partial charge in [-0.3, -0.25) is 15.6 Å². The second kappa shape index (κ2) is 8.36. The van der Waals surface area contributed by atoms with Crippen LogP contribution in [0.25, 0.3) is 0 Å². The molecule has 0 fully saturated rings. The molecule has 0 aliphatic carbocycles. The Morgan fingerprint density at radius 2 is 2.22 bits per heavy atom. The Balaban J connectivity index is 1.77. The summed E-state index contributed by atoms with van der Waals surface area (Å²) in [5.41, 5.74) is 6.30. The van der Waals surface area contributed by atoms with Crippen LogP contribution >= 0.6 is 23.8 Å². The van der Waals surface area contributed by atoms with E-state index in [1.165, 1.54) is 0 Å². The molecule has 23 heavy (non-hydrogen) atoms. The first-order chi connectivity index (χ1) is 11.0.